The minimum atomic E-state index is -4.45. The summed E-state index contributed by atoms with van der Waals surface area (Å²) in [5, 5.41) is 6.98. The average molecular weight is 738 g/mol. The SMILES string of the molecule is CC[C@@H]1C[C@]1(NC(=O)[C@@H]1C[C@@H](Oc2nccc3cc(OC)ccc23)CN1C(=O)[C@@H](NC(=O)OC(C)C)C(C)(C)C)C(=O)NS(=O)(=O)OC1(C)CC1.[HH].[HH].[HH]. The number of nitrogens with one attached hydrogen (secondary N) is 3. The predicted molar refractivity (Wildman–Crippen MR) is 192 cm³/mol. The molecule has 3 N–H and O–H groups in total. The van der Waals surface area contributed by atoms with Crippen LogP contribution >= 0.6 is 0 Å². The first-order valence-electron chi connectivity index (χ1n) is 17.3. The molecule has 16 heteroatoms. The van der Waals surface area contributed by atoms with Crippen molar-refractivity contribution in [3.05, 3.63) is 30.5 Å². The number of pyridine rings is 1. The van der Waals surface area contributed by atoms with Crippen LogP contribution in [0, 0.1) is 11.3 Å². The predicted octanol–water partition coefficient (Wildman–Crippen LogP) is 4.09. The molecule has 0 radical (unpaired) electrons. The first-order chi connectivity index (χ1) is 23.8. The fourth-order valence-corrected chi connectivity index (χ4v) is 7.57. The van der Waals surface area contributed by atoms with Gasteiger partial charge in [0.1, 0.15) is 29.5 Å². The molecule has 3 fully saturated rings. The van der Waals surface area contributed by atoms with Gasteiger partial charge in [-0.1, -0.05) is 34.1 Å². The maximum absolute atomic E-state index is 14.4. The Morgan fingerprint density at radius 2 is 1.84 bits per heavy atom. The first kappa shape index (κ1) is 38.1. The molecule has 1 saturated heterocycles. The number of ether oxygens (including phenoxy) is 3. The van der Waals surface area contributed by atoms with Gasteiger partial charge in [0.15, 0.2) is 0 Å². The van der Waals surface area contributed by atoms with Crippen molar-refractivity contribution in [2.24, 2.45) is 11.3 Å². The van der Waals surface area contributed by atoms with Crippen LogP contribution in [0.4, 0.5) is 4.79 Å². The third kappa shape index (κ3) is 8.66. The van der Waals surface area contributed by atoms with Gasteiger partial charge >= 0.3 is 16.4 Å². The second-order valence-electron chi connectivity index (χ2n) is 15.3. The van der Waals surface area contributed by atoms with E-state index in [0.717, 1.165) is 5.39 Å². The van der Waals surface area contributed by atoms with Crippen molar-refractivity contribution in [1.29, 1.82) is 0 Å². The summed E-state index contributed by atoms with van der Waals surface area (Å²) >= 11 is 0. The van der Waals surface area contributed by atoms with E-state index in [-0.39, 0.29) is 29.6 Å². The molecule has 4 amide bonds. The van der Waals surface area contributed by atoms with Crippen LogP contribution in [-0.4, -0.2) is 91.2 Å². The minimum Gasteiger partial charge on any atom is -0.497 e. The Kier molecular flexibility index (Phi) is 10.5. The quantitative estimate of drug-likeness (QED) is 0.268. The normalized spacial score (nSPS) is 24.4. The number of carbonyl (C=O) groups is 4. The van der Waals surface area contributed by atoms with Crippen LogP contribution in [0.25, 0.3) is 10.8 Å². The van der Waals surface area contributed by atoms with Crippen molar-refractivity contribution in [2.75, 3.05) is 13.7 Å². The molecule has 1 aromatic carbocycles. The van der Waals surface area contributed by atoms with Gasteiger partial charge in [-0.2, -0.15) is 8.42 Å². The van der Waals surface area contributed by atoms with Gasteiger partial charge in [-0.05, 0) is 81.0 Å². The van der Waals surface area contributed by atoms with Crippen molar-refractivity contribution in [3.8, 4) is 11.6 Å². The van der Waals surface area contributed by atoms with E-state index in [0.29, 0.717) is 36.3 Å². The average Bonchev–Trinajstić information content (AvgIpc) is 3.90. The summed E-state index contributed by atoms with van der Waals surface area (Å²) in [7, 11) is -2.88. The topological polar surface area (TPSA) is 192 Å². The van der Waals surface area contributed by atoms with Crippen molar-refractivity contribution < 1.29 is 50.3 Å². The highest BCUT2D eigenvalue weighted by Gasteiger charge is 2.62. The highest BCUT2D eigenvalue weighted by Crippen LogP contribution is 2.47. The third-order valence-electron chi connectivity index (χ3n) is 9.61. The Morgan fingerprint density at radius 3 is 2.43 bits per heavy atom. The van der Waals surface area contributed by atoms with Crippen LogP contribution in [0.15, 0.2) is 30.5 Å². The number of aromatic nitrogens is 1. The Labute approximate surface area is 303 Å². The van der Waals surface area contributed by atoms with Gasteiger partial charge in [0.05, 0.1) is 25.4 Å². The molecule has 286 valence electrons. The number of nitrogens with zero attached hydrogens (tertiary/aromatic N) is 2. The van der Waals surface area contributed by atoms with Crippen molar-refractivity contribution in [2.45, 2.75) is 116 Å². The molecule has 51 heavy (non-hydrogen) atoms. The van der Waals surface area contributed by atoms with Crippen LogP contribution in [0.3, 0.4) is 0 Å². The van der Waals surface area contributed by atoms with Crippen LogP contribution in [0.5, 0.6) is 11.6 Å². The van der Waals surface area contributed by atoms with Gasteiger partial charge in [-0.3, -0.25) is 14.4 Å². The second-order valence-corrected chi connectivity index (χ2v) is 16.6. The highest BCUT2D eigenvalue weighted by molar-refractivity contribution is 7.85. The lowest BCUT2D eigenvalue weighted by atomic mass is 9.85. The number of rotatable bonds is 13. The van der Waals surface area contributed by atoms with Crippen LogP contribution in [0.2, 0.25) is 0 Å². The highest BCUT2D eigenvalue weighted by atomic mass is 32.2. The Balaban J connectivity index is 0.00000336. The number of fused-ring (bicyclic) bond motifs is 1. The van der Waals surface area contributed by atoms with Gasteiger partial charge in [0.2, 0.25) is 17.7 Å². The monoisotopic (exact) mass is 737 g/mol. The zero-order chi connectivity index (χ0) is 37.5. The Bertz CT molecular complexity index is 1810. The van der Waals surface area contributed by atoms with E-state index in [1.807, 2.05) is 23.8 Å². The molecule has 2 aliphatic carbocycles. The summed E-state index contributed by atoms with van der Waals surface area (Å²) in [5.41, 5.74) is -3.19. The minimum absolute atomic E-state index is 0. The molecule has 1 aromatic heterocycles. The number of carbonyl (C=O) groups excluding carboxylic acids is 4. The van der Waals surface area contributed by atoms with E-state index in [4.69, 9.17) is 18.4 Å². The standard InChI is InChI=1S/C35H49N5O10S.3H2/c1-9-22-18-35(22,31(43)39-51(45,46)50-34(7)13-14-34)38-28(41)26-17-24(49-29-25-11-10-23(47-8)16-21(25)12-15-36-29)19-40(26)30(42)27(33(4,5)6)37-32(44)48-20(2)3;;;/h10-12,15-16,20,22,24,26-27H,9,13-14,17-19H2,1-8H3,(H,37,44)(H,38,41)(H,39,43);3*1H/t22-,24-,26+,27-,35-;;;/m1.../s1. The molecule has 2 heterocycles. The number of methoxy groups -OCH3 is 1. The van der Waals surface area contributed by atoms with E-state index in [2.05, 4.69) is 15.6 Å². The lowest BCUT2D eigenvalue weighted by Crippen LogP contribution is -2.60. The number of alkyl carbamates (subject to hydrolysis) is 1. The van der Waals surface area contributed by atoms with Crippen LogP contribution < -0.4 is 24.8 Å². The molecule has 3 aliphatic rings. The molecule has 5 rings (SSSR count). The molecule has 5 atom stereocenters. The number of amides is 4. The van der Waals surface area contributed by atoms with Gasteiger partial charge in [0.25, 0.3) is 5.91 Å². The molecule has 1 aliphatic heterocycles. The molecular weight excluding hydrogens is 682 g/mol. The first-order valence-corrected chi connectivity index (χ1v) is 18.7. The van der Waals surface area contributed by atoms with Crippen molar-refractivity contribution in [3.63, 3.8) is 0 Å². The van der Waals surface area contributed by atoms with Gasteiger partial charge < -0.3 is 29.7 Å². The smallest absolute Gasteiger partial charge is 0.408 e. The van der Waals surface area contributed by atoms with Crippen molar-refractivity contribution >= 4 is 44.9 Å². The van der Waals surface area contributed by atoms with E-state index in [9.17, 15) is 27.6 Å². The lowest BCUT2D eigenvalue weighted by Gasteiger charge is -2.35. The largest absolute Gasteiger partial charge is 0.497 e. The zero-order valence-corrected chi connectivity index (χ0v) is 31.2. The Hall–Kier alpha value is -4.18. The summed E-state index contributed by atoms with van der Waals surface area (Å²) in [6.07, 6.45) is 1.43. The summed E-state index contributed by atoms with van der Waals surface area (Å²) < 4.78 is 49.6. The van der Waals surface area contributed by atoms with Gasteiger partial charge in [-0.15, -0.1) is 0 Å². The zero-order valence-electron chi connectivity index (χ0n) is 30.4. The van der Waals surface area contributed by atoms with Crippen LogP contribution in [-0.2, 0) is 33.6 Å². The van der Waals surface area contributed by atoms with Crippen molar-refractivity contribution in [1.82, 2.24) is 25.2 Å². The maximum Gasteiger partial charge on any atom is 0.408 e. The van der Waals surface area contributed by atoms with E-state index < -0.39 is 75.0 Å². The van der Waals surface area contributed by atoms with E-state index >= 15 is 0 Å². The fourth-order valence-electron chi connectivity index (χ4n) is 6.43. The number of likely N-dealkylation sites (tertiary alicyclic amines) is 1. The molecule has 2 aromatic rings. The molecule has 0 bridgehead atoms. The lowest BCUT2D eigenvalue weighted by molar-refractivity contribution is -0.143. The number of benzene rings is 1. The number of hydrogen-bond donors (Lipinski definition) is 3. The van der Waals surface area contributed by atoms with Gasteiger partial charge in [0, 0.05) is 22.3 Å². The molecule has 0 spiro atoms. The fraction of sp³-hybridized carbons (Fsp3) is 0.629. The van der Waals surface area contributed by atoms with E-state index in [1.54, 1.807) is 67.0 Å². The summed E-state index contributed by atoms with van der Waals surface area (Å²) in [4.78, 5) is 60.7. The summed E-state index contributed by atoms with van der Waals surface area (Å²) in [6, 6.07) is 4.97. The maximum atomic E-state index is 14.4. The third-order valence-corrected chi connectivity index (χ3v) is 10.7. The molecule has 2 saturated carbocycles. The Morgan fingerprint density at radius 1 is 1.14 bits per heavy atom. The van der Waals surface area contributed by atoms with Crippen LogP contribution in [0.1, 0.15) is 84.9 Å². The van der Waals surface area contributed by atoms with Gasteiger partial charge in [-0.25, -0.2) is 18.7 Å². The summed E-state index contributed by atoms with van der Waals surface area (Å²) in [6.45, 7) is 12.1. The van der Waals surface area contributed by atoms with E-state index in [1.165, 1.54) is 4.90 Å². The molecule has 15 nitrogen and oxygen atoms in total. The molecule has 0 unspecified atom stereocenters. The summed E-state index contributed by atoms with van der Waals surface area (Å²) in [5.74, 6) is -1.54. The second kappa shape index (κ2) is 14.1. The molecular formula is C35H55N5O10S. The number of hydrogen-bond acceptors (Lipinski definition) is 11.